The van der Waals surface area contributed by atoms with Crippen LogP contribution in [0.15, 0.2) is 23.1 Å². The van der Waals surface area contributed by atoms with E-state index in [9.17, 15) is 8.42 Å². The molecule has 1 rings (SSSR count). The molecule has 114 valence electrons. The first kappa shape index (κ1) is 16.7. The minimum Gasteiger partial charge on any atom is -0.493 e. The van der Waals surface area contributed by atoms with E-state index in [4.69, 9.17) is 19.7 Å². The van der Waals surface area contributed by atoms with Crippen molar-refractivity contribution in [3.63, 3.8) is 0 Å². The normalized spacial score (nSPS) is 12.2. The van der Waals surface area contributed by atoms with Gasteiger partial charge in [-0.1, -0.05) is 0 Å². The quantitative estimate of drug-likeness (QED) is 0.640. The van der Waals surface area contributed by atoms with Crippen molar-refractivity contribution < 1.29 is 28.1 Å². The lowest BCUT2D eigenvalue weighted by Crippen LogP contribution is -2.51. The van der Waals surface area contributed by atoms with Crippen molar-refractivity contribution in [3.05, 3.63) is 18.2 Å². The van der Waals surface area contributed by atoms with Crippen molar-refractivity contribution in [1.29, 1.82) is 0 Å². The number of hydrogen-bond donors (Lipinski definition) is 3. The Morgan fingerprint density at radius 2 is 1.70 bits per heavy atom. The van der Waals surface area contributed by atoms with Crippen LogP contribution in [0.4, 0.5) is 0 Å². The van der Waals surface area contributed by atoms with Crippen molar-refractivity contribution in [2.24, 2.45) is 0 Å². The summed E-state index contributed by atoms with van der Waals surface area (Å²) >= 11 is 0. The highest BCUT2D eigenvalue weighted by molar-refractivity contribution is 7.89. The van der Waals surface area contributed by atoms with Crippen LogP contribution < -0.4 is 14.2 Å². The lowest BCUT2D eigenvalue weighted by molar-refractivity contribution is 0.121. The Balaban J connectivity index is 3.16. The van der Waals surface area contributed by atoms with Gasteiger partial charge in [0.15, 0.2) is 11.5 Å². The minimum atomic E-state index is -3.91. The van der Waals surface area contributed by atoms with E-state index in [-0.39, 0.29) is 10.6 Å². The van der Waals surface area contributed by atoms with Crippen LogP contribution >= 0.6 is 0 Å². The average Bonchev–Trinajstić information content (AvgIpc) is 2.45. The van der Waals surface area contributed by atoms with E-state index < -0.39 is 28.8 Å². The molecule has 0 saturated carbocycles. The van der Waals surface area contributed by atoms with E-state index in [2.05, 4.69) is 4.72 Å². The van der Waals surface area contributed by atoms with E-state index >= 15 is 0 Å². The van der Waals surface area contributed by atoms with Crippen LogP contribution in [0.5, 0.6) is 11.5 Å². The predicted molar refractivity (Wildman–Crippen MR) is 72.4 cm³/mol. The van der Waals surface area contributed by atoms with Crippen LogP contribution in [0, 0.1) is 0 Å². The van der Waals surface area contributed by atoms with Crippen LogP contribution in [0.1, 0.15) is 6.92 Å². The first-order chi connectivity index (χ1) is 9.31. The molecule has 0 spiro atoms. The predicted octanol–water partition coefficient (Wildman–Crippen LogP) is -0.275. The van der Waals surface area contributed by atoms with E-state index in [1.807, 2.05) is 0 Å². The first-order valence-corrected chi connectivity index (χ1v) is 7.28. The molecule has 0 fully saturated rings. The molecule has 0 radical (unpaired) electrons. The second-order valence-corrected chi connectivity index (χ2v) is 6.18. The summed E-state index contributed by atoms with van der Waals surface area (Å²) in [6.45, 7) is 0.331. The largest absolute Gasteiger partial charge is 0.493 e. The van der Waals surface area contributed by atoms with E-state index in [1.165, 1.54) is 39.3 Å². The monoisotopic (exact) mass is 305 g/mol. The van der Waals surface area contributed by atoms with Gasteiger partial charge in [0.2, 0.25) is 10.0 Å². The van der Waals surface area contributed by atoms with Gasteiger partial charge in [-0.15, -0.1) is 0 Å². The maximum Gasteiger partial charge on any atom is 0.241 e. The molecule has 7 nitrogen and oxygen atoms in total. The van der Waals surface area contributed by atoms with Gasteiger partial charge >= 0.3 is 0 Å². The van der Waals surface area contributed by atoms with Crippen LogP contribution in [-0.4, -0.2) is 51.6 Å². The number of nitrogens with one attached hydrogen (secondary N) is 1. The maximum atomic E-state index is 12.2. The molecule has 0 bridgehead atoms. The molecule has 1 aromatic carbocycles. The van der Waals surface area contributed by atoms with Crippen LogP contribution in [0.2, 0.25) is 0 Å². The summed E-state index contributed by atoms with van der Waals surface area (Å²) in [5, 5.41) is 18.3. The Morgan fingerprint density at radius 1 is 1.15 bits per heavy atom. The first-order valence-electron chi connectivity index (χ1n) is 5.79. The van der Waals surface area contributed by atoms with Crippen molar-refractivity contribution >= 4 is 10.0 Å². The van der Waals surface area contributed by atoms with Crippen LogP contribution in [-0.2, 0) is 10.0 Å². The fourth-order valence-corrected chi connectivity index (χ4v) is 2.89. The number of methoxy groups -OCH3 is 2. The summed E-state index contributed by atoms with van der Waals surface area (Å²) in [7, 11) is -1.07. The van der Waals surface area contributed by atoms with E-state index in [0.717, 1.165) is 0 Å². The second kappa shape index (κ2) is 6.40. The van der Waals surface area contributed by atoms with Crippen LogP contribution in [0.25, 0.3) is 0 Å². The van der Waals surface area contributed by atoms with Crippen molar-refractivity contribution in [2.75, 3.05) is 27.4 Å². The zero-order valence-corrected chi connectivity index (χ0v) is 12.4. The fraction of sp³-hybridized carbons (Fsp3) is 0.500. The van der Waals surface area contributed by atoms with E-state index in [1.54, 1.807) is 0 Å². The minimum absolute atomic E-state index is 0.0525. The summed E-state index contributed by atoms with van der Waals surface area (Å²) in [4.78, 5) is -0.0525. The molecule has 0 amide bonds. The highest BCUT2D eigenvalue weighted by Crippen LogP contribution is 2.29. The molecule has 0 heterocycles. The average molecular weight is 305 g/mol. The van der Waals surface area contributed by atoms with Crippen LogP contribution in [0.3, 0.4) is 0 Å². The summed E-state index contributed by atoms with van der Waals surface area (Å²) in [6.07, 6.45) is 0. The molecule has 0 saturated heterocycles. The van der Waals surface area contributed by atoms with Gasteiger partial charge in [-0.25, -0.2) is 13.1 Å². The highest BCUT2D eigenvalue weighted by atomic mass is 32.2. The van der Waals surface area contributed by atoms with Gasteiger partial charge < -0.3 is 19.7 Å². The molecule has 0 aliphatic carbocycles. The van der Waals surface area contributed by atoms with Gasteiger partial charge in [-0.2, -0.15) is 0 Å². The molecule has 8 heteroatoms. The molecule has 0 aliphatic heterocycles. The molecule has 3 N–H and O–H groups in total. The topological polar surface area (TPSA) is 105 Å². The van der Waals surface area contributed by atoms with Crippen molar-refractivity contribution in [2.45, 2.75) is 17.4 Å². The number of aliphatic hydroxyl groups is 2. The fourth-order valence-electron chi connectivity index (χ4n) is 1.48. The number of ether oxygens (including phenoxy) is 2. The zero-order chi connectivity index (χ0) is 15.4. The third kappa shape index (κ3) is 3.60. The van der Waals surface area contributed by atoms with Gasteiger partial charge in [-0.3, -0.25) is 0 Å². The molecule has 20 heavy (non-hydrogen) atoms. The van der Waals surface area contributed by atoms with E-state index in [0.29, 0.717) is 5.75 Å². The molecule has 1 aromatic rings. The molecule has 0 atom stereocenters. The maximum absolute atomic E-state index is 12.2. The zero-order valence-electron chi connectivity index (χ0n) is 11.6. The number of benzene rings is 1. The highest BCUT2D eigenvalue weighted by Gasteiger charge is 2.30. The Bertz CT molecular complexity index is 553. The Morgan fingerprint density at radius 3 is 2.15 bits per heavy atom. The number of sulfonamides is 1. The SMILES string of the molecule is COc1ccc(S(=O)(=O)NC(C)(CO)CO)cc1OC. The number of rotatable bonds is 7. The van der Waals surface area contributed by atoms with Crippen molar-refractivity contribution in [3.8, 4) is 11.5 Å². The third-order valence-electron chi connectivity index (χ3n) is 2.74. The molecular formula is C12H19NO6S. The standard InChI is InChI=1S/C12H19NO6S/c1-12(7-14,8-15)13-20(16,17)9-4-5-10(18-2)11(6-9)19-3/h4-6,13-15H,7-8H2,1-3H3. The van der Waals surface area contributed by atoms with Gasteiger partial charge in [0, 0.05) is 6.07 Å². The number of hydrogen-bond acceptors (Lipinski definition) is 6. The second-order valence-electron chi connectivity index (χ2n) is 4.50. The molecule has 0 unspecified atom stereocenters. The Kier molecular flexibility index (Phi) is 5.35. The number of aliphatic hydroxyl groups excluding tert-OH is 2. The molecular weight excluding hydrogens is 286 g/mol. The van der Waals surface area contributed by atoms with Gasteiger partial charge in [0.05, 0.1) is 37.9 Å². The van der Waals surface area contributed by atoms with Crippen molar-refractivity contribution in [1.82, 2.24) is 4.72 Å². The molecule has 0 aliphatic rings. The third-order valence-corrected chi connectivity index (χ3v) is 4.38. The Hall–Kier alpha value is -1.35. The smallest absolute Gasteiger partial charge is 0.241 e. The lowest BCUT2D eigenvalue weighted by Gasteiger charge is -2.25. The van der Waals surface area contributed by atoms with Gasteiger partial charge in [0.1, 0.15) is 0 Å². The summed E-state index contributed by atoms with van der Waals surface area (Å²) in [6, 6.07) is 4.11. The lowest BCUT2D eigenvalue weighted by atomic mass is 10.1. The summed E-state index contributed by atoms with van der Waals surface area (Å²) in [5.41, 5.74) is -1.34. The Labute approximate surface area is 118 Å². The summed E-state index contributed by atoms with van der Waals surface area (Å²) in [5.74, 6) is 0.670. The van der Waals surface area contributed by atoms with Gasteiger partial charge in [0.25, 0.3) is 0 Å². The van der Waals surface area contributed by atoms with Gasteiger partial charge in [-0.05, 0) is 19.1 Å². The summed E-state index contributed by atoms with van der Waals surface area (Å²) < 4.78 is 36.7. The molecule has 0 aromatic heterocycles.